The van der Waals surface area contributed by atoms with Crippen LogP contribution in [-0.4, -0.2) is 19.3 Å². The van der Waals surface area contributed by atoms with E-state index in [1.54, 1.807) is 0 Å². The molecule has 1 heterocycles. The van der Waals surface area contributed by atoms with E-state index in [9.17, 15) is 0 Å². The quantitative estimate of drug-likeness (QED) is 0.791. The van der Waals surface area contributed by atoms with Crippen molar-refractivity contribution in [3.05, 3.63) is 29.8 Å². The maximum Gasteiger partial charge on any atom is 0.0991 e. The Balaban J connectivity index is 1.65. The van der Waals surface area contributed by atoms with E-state index in [1.165, 1.54) is 12.8 Å². The first kappa shape index (κ1) is 11.9. The molecule has 1 unspecified atom stereocenters. The highest BCUT2D eigenvalue weighted by Gasteiger charge is 2.14. The molecule has 1 N–H and O–H groups in total. The van der Waals surface area contributed by atoms with Crippen LogP contribution in [0, 0.1) is 11.3 Å². The highest BCUT2D eigenvalue weighted by Crippen LogP contribution is 2.17. The van der Waals surface area contributed by atoms with Gasteiger partial charge in [-0.1, -0.05) is 0 Å². The molecular weight excluding hydrogens is 212 g/mol. The van der Waals surface area contributed by atoms with Gasteiger partial charge in [-0.2, -0.15) is 5.26 Å². The van der Waals surface area contributed by atoms with Gasteiger partial charge < -0.3 is 10.1 Å². The Morgan fingerprint density at radius 3 is 2.82 bits per heavy atom. The molecule has 1 aromatic rings. The third-order valence-corrected chi connectivity index (χ3v) is 3.07. The standard InChI is InChI=1S/C14H18N2O/c15-11-12-5-7-13(8-6-12)16-9-1-3-14-4-2-10-17-14/h5-8,14,16H,1-4,9-10H2. The van der Waals surface area contributed by atoms with Crippen LogP contribution in [0.4, 0.5) is 5.69 Å². The summed E-state index contributed by atoms with van der Waals surface area (Å²) in [4.78, 5) is 0. The van der Waals surface area contributed by atoms with Crippen molar-refractivity contribution < 1.29 is 4.74 Å². The van der Waals surface area contributed by atoms with Crippen molar-refractivity contribution in [2.75, 3.05) is 18.5 Å². The Labute approximate surface area is 102 Å². The van der Waals surface area contributed by atoms with Gasteiger partial charge in [0.05, 0.1) is 17.7 Å². The molecule has 1 saturated heterocycles. The zero-order valence-electron chi connectivity index (χ0n) is 9.98. The molecule has 1 aliphatic heterocycles. The van der Waals surface area contributed by atoms with Crippen molar-refractivity contribution in [2.24, 2.45) is 0 Å². The van der Waals surface area contributed by atoms with Crippen molar-refractivity contribution in [1.29, 1.82) is 5.26 Å². The van der Waals surface area contributed by atoms with Gasteiger partial charge in [-0.3, -0.25) is 0 Å². The number of hydrogen-bond donors (Lipinski definition) is 1. The van der Waals surface area contributed by atoms with Gasteiger partial charge in [0.1, 0.15) is 0 Å². The summed E-state index contributed by atoms with van der Waals surface area (Å²) in [6, 6.07) is 9.68. The average Bonchev–Trinajstić information content (AvgIpc) is 2.88. The second-order valence-corrected chi connectivity index (χ2v) is 4.39. The van der Waals surface area contributed by atoms with E-state index in [1.807, 2.05) is 24.3 Å². The molecule has 0 aliphatic carbocycles. The minimum atomic E-state index is 0.484. The SMILES string of the molecule is N#Cc1ccc(NCCCC2CCCO2)cc1. The van der Waals surface area contributed by atoms with E-state index < -0.39 is 0 Å². The van der Waals surface area contributed by atoms with Gasteiger partial charge in [-0.15, -0.1) is 0 Å². The van der Waals surface area contributed by atoms with Crippen LogP contribution in [0.15, 0.2) is 24.3 Å². The van der Waals surface area contributed by atoms with Crippen molar-refractivity contribution in [3.8, 4) is 6.07 Å². The Hall–Kier alpha value is -1.53. The fraction of sp³-hybridized carbons (Fsp3) is 0.500. The number of anilines is 1. The number of rotatable bonds is 5. The maximum atomic E-state index is 8.68. The summed E-state index contributed by atoms with van der Waals surface area (Å²) in [5, 5.41) is 12.0. The molecule has 1 aliphatic rings. The summed E-state index contributed by atoms with van der Waals surface area (Å²) in [6.07, 6.45) is 5.19. The van der Waals surface area contributed by atoms with E-state index in [0.29, 0.717) is 11.7 Å². The molecule has 0 radical (unpaired) electrons. The van der Waals surface area contributed by atoms with E-state index >= 15 is 0 Å². The van der Waals surface area contributed by atoms with Gasteiger partial charge in [-0.05, 0) is 49.9 Å². The molecular formula is C14H18N2O. The first-order valence-corrected chi connectivity index (χ1v) is 6.24. The second kappa shape index (κ2) is 6.27. The van der Waals surface area contributed by atoms with Gasteiger partial charge in [0.25, 0.3) is 0 Å². The number of benzene rings is 1. The van der Waals surface area contributed by atoms with Gasteiger partial charge >= 0.3 is 0 Å². The molecule has 3 heteroatoms. The Morgan fingerprint density at radius 2 is 2.18 bits per heavy atom. The molecule has 1 aromatic carbocycles. The zero-order valence-corrected chi connectivity index (χ0v) is 9.98. The van der Waals surface area contributed by atoms with E-state index in [4.69, 9.17) is 10.00 Å². The van der Waals surface area contributed by atoms with Crippen LogP contribution in [0.5, 0.6) is 0 Å². The molecule has 0 aromatic heterocycles. The molecule has 0 spiro atoms. The monoisotopic (exact) mass is 230 g/mol. The van der Waals surface area contributed by atoms with Crippen LogP contribution < -0.4 is 5.32 Å². The fourth-order valence-electron chi connectivity index (χ4n) is 2.10. The fourth-order valence-corrected chi connectivity index (χ4v) is 2.10. The average molecular weight is 230 g/mol. The van der Waals surface area contributed by atoms with Gasteiger partial charge in [-0.25, -0.2) is 0 Å². The minimum absolute atomic E-state index is 0.484. The van der Waals surface area contributed by atoms with E-state index in [2.05, 4.69) is 11.4 Å². The van der Waals surface area contributed by atoms with Crippen LogP contribution in [0.3, 0.4) is 0 Å². The predicted molar refractivity (Wildman–Crippen MR) is 67.9 cm³/mol. The van der Waals surface area contributed by atoms with Crippen LogP contribution in [-0.2, 0) is 4.74 Å². The Morgan fingerprint density at radius 1 is 1.35 bits per heavy atom. The van der Waals surface area contributed by atoms with Crippen molar-refractivity contribution in [1.82, 2.24) is 0 Å². The van der Waals surface area contributed by atoms with E-state index in [0.717, 1.165) is 31.7 Å². The predicted octanol–water partition coefficient (Wildman–Crippen LogP) is 2.93. The first-order valence-electron chi connectivity index (χ1n) is 6.24. The zero-order chi connectivity index (χ0) is 11.9. The largest absolute Gasteiger partial charge is 0.385 e. The number of hydrogen-bond acceptors (Lipinski definition) is 3. The lowest BCUT2D eigenvalue weighted by atomic mass is 10.1. The summed E-state index contributed by atoms with van der Waals surface area (Å²) < 4.78 is 5.57. The smallest absolute Gasteiger partial charge is 0.0991 e. The summed E-state index contributed by atoms with van der Waals surface area (Å²) in [5.41, 5.74) is 1.78. The highest BCUT2D eigenvalue weighted by atomic mass is 16.5. The molecule has 0 amide bonds. The Kier molecular flexibility index (Phi) is 4.40. The molecule has 3 nitrogen and oxygen atoms in total. The van der Waals surface area contributed by atoms with Crippen LogP contribution in [0.2, 0.25) is 0 Å². The number of nitriles is 1. The number of ether oxygens (including phenoxy) is 1. The Bertz CT molecular complexity index is 374. The topological polar surface area (TPSA) is 45.0 Å². The molecule has 2 rings (SSSR count). The van der Waals surface area contributed by atoms with Crippen LogP contribution >= 0.6 is 0 Å². The third-order valence-electron chi connectivity index (χ3n) is 3.07. The molecule has 1 atom stereocenters. The van der Waals surface area contributed by atoms with E-state index in [-0.39, 0.29) is 0 Å². The normalized spacial score (nSPS) is 18.9. The lowest BCUT2D eigenvalue weighted by Gasteiger charge is -2.10. The van der Waals surface area contributed by atoms with Crippen LogP contribution in [0.25, 0.3) is 0 Å². The van der Waals surface area contributed by atoms with Gasteiger partial charge in [0, 0.05) is 18.8 Å². The number of nitrogens with zero attached hydrogens (tertiary/aromatic N) is 1. The maximum absolute atomic E-state index is 8.68. The number of nitrogens with one attached hydrogen (secondary N) is 1. The first-order chi connectivity index (χ1) is 8.38. The highest BCUT2D eigenvalue weighted by molar-refractivity contribution is 5.46. The third kappa shape index (κ3) is 3.76. The molecule has 90 valence electrons. The molecule has 1 fully saturated rings. The lowest BCUT2D eigenvalue weighted by Crippen LogP contribution is -2.08. The molecule has 0 bridgehead atoms. The van der Waals surface area contributed by atoms with Gasteiger partial charge in [0.2, 0.25) is 0 Å². The van der Waals surface area contributed by atoms with Gasteiger partial charge in [0.15, 0.2) is 0 Å². The second-order valence-electron chi connectivity index (χ2n) is 4.39. The van der Waals surface area contributed by atoms with Crippen molar-refractivity contribution in [3.63, 3.8) is 0 Å². The summed E-state index contributed by atoms with van der Waals surface area (Å²) in [6.45, 7) is 1.90. The molecule has 0 saturated carbocycles. The lowest BCUT2D eigenvalue weighted by molar-refractivity contribution is 0.103. The summed E-state index contributed by atoms with van der Waals surface area (Å²) >= 11 is 0. The summed E-state index contributed by atoms with van der Waals surface area (Å²) in [7, 11) is 0. The van der Waals surface area contributed by atoms with Crippen LogP contribution in [0.1, 0.15) is 31.2 Å². The summed E-state index contributed by atoms with van der Waals surface area (Å²) in [5.74, 6) is 0. The molecule has 17 heavy (non-hydrogen) atoms. The minimum Gasteiger partial charge on any atom is -0.385 e. The van der Waals surface area contributed by atoms with Crippen molar-refractivity contribution in [2.45, 2.75) is 31.8 Å². The van der Waals surface area contributed by atoms with Crippen molar-refractivity contribution >= 4 is 5.69 Å².